The van der Waals surface area contributed by atoms with Crippen molar-refractivity contribution in [3.63, 3.8) is 0 Å². The van der Waals surface area contributed by atoms with Gasteiger partial charge in [0.05, 0.1) is 5.69 Å². The molecule has 21 heavy (non-hydrogen) atoms. The van der Waals surface area contributed by atoms with Gasteiger partial charge in [-0.1, -0.05) is 11.8 Å². The minimum Gasteiger partial charge on any atom is -0.384 e. The molecule has 7 heteroatoms. The Morgan fingerprint density at radius 3 is 2.57 bits per heavy atom. The van der Waals surface area contributed by atoms with Crippen LogP contribution in [0, 0.1) is 6.92 Å². The van der Waals surface area contributed by atoms with Crippen LogP contribution in [0.5, 0.6) is 0 Å². The number of aryl methyl sites for hydroxylation is 1. The molecule has 0 bridgehead atoms. The lowest BCUT2D eigenvalue weighted by Gasteiger charge is -2.13. The number of nitrogen functional groups attached to an aromatic ring is 1. The molecule has 0 amide bonds. The predicted octanol–water partition coefficient (Wildman–Crippen LogP) is 2.84. The van der Waals surface area contributed by atoms with Crippen LogP contribution in [0.1, 0.15) is 11.3 Å². The standard InChI is InChI=1S/C14H19N5S2/c1-9-5-10(16-12(6-9)19(2)3)8-21-14-17-11(15)7-13(18-14)20-4/h5-7H,8H2,1-4H3,(H2,15,17,18). The maximum absolute atomic E-state index is 5.79. The molecule has 0 fully saturated rings. The minimum atomic E-state index is 0.503. The molecule has 0 saturated heterocycles. The van der Waals surface area contributed by atoms with Gasteiger partial charge in [0.15, 0.2) is 5.16 Å². The topological polar surface area (TPSA) is 67.9 Å². The highest BCUT2D eigenvalue weighted by Gasteiger charge is 2.07. The summed E-state index contributed by atoms with van der Waals surface area (Å²) in [5.41, 5.74) is 8.00. The molecule has 0 saturated carbocycles. The van der Waals surface area contributed by atoms with E-state index in [9.17, 15) is 0 Å². The monoisotopic (exact) mass is 321 g/mol. The van der Waals surface area contributed by atoms with E-state index in [0.29, 0.717) is 11.0 Å². The highest BCUT2D eigenvalue weighted by Crippen LogP contribution is 2.24. The Morgan fingerprint density at radius 2 is 1.90 bits per heavy atom. The van der Waals surface area contributed by atoms with Crippen LogP contribution in [0.3, 0.4) is 0 Å². The summed E-state index contributed by atoms with van der Waals surface area (Å²) < 4.78 is 0. The molecule has 0 spiro atoms. The van der Waals surface area contributed by atoms with Crippen molar-refractivity contribution in [1.29, 1.82) is 0 Å². The first-order valence-corrected chi connectivity index (χ1v) is 8.65. The van der Waals surface area contributed by atoms with Gasteiger partial charge in [-0.15, -0.1) is 11.8 Å². The number of nitrogens with two attached hydrogens (primary N) is 1. The van der Waals surface area contributed by atoms with Gasteiger partial charge in [0.1, 0.15) is 16.7 Å². The van der Waals surface area contributed by atoms with E-state index in [0.717, 1.165) is 22.3 Å². The second-order valence-electron chi connectivity index (χ2n) is 4.79. The summed E-state index contributed by atoms with van der Waals surface area (Å²) in [7, 11) is 3.98. The second-order valence-corrected chi connectivity index (χ2v) is 6.56. The number of pyridine rings is 1. The molecule has 2 aromatic rings. The molecular formula is C14H19N5S2. The van der Waals surface area contributed by atoms with E-state index >= 15 is 0 Å². The molecule has 2 heterocycles. The first-order chi connectivity index (χ1) is 9.97. The summed E-state index contributed by atoms with van der Waals surface area (Å²) in [5.74, 6) is 2.19. The van der Waals surface area contributed by atoms with E-state index in [2.05, 4.69) is 34.0 Å². The second kappa shape index (κ2) is 7.00. The van der Waals surface area contributed by atoms with E-state index in [-0.39, 0.29) is 0 Å². The van der Waals surface area contributed by atoms with Crippen LogP contribution in [0.25, 0.3) is 0 Å². The van der Waals surface area contributed by atoms with Gasteiger partial charge in [-0.3, -0.25) is 0 Å². The third-order valence-corrected chi connectivity index (χ3v) is 4.24. The number of aromatic nitrogens is 3. The van der Waals surface area contributed by atoms with Crippen LogP contribution in [0.4, 0.5) is 11.6 Å². The number of hydrogen-bond acceptors (Lipinski definition) is 7. The lowest BCUT2D eigenvalue weighted by Crippen LogP contribution is -2.11. The Balaban J connectivity index is 2.14. The smallest absolute Gasteiger partial charge is 0.190 e. The summed E-state index contributed by atoms with van der Waals surface area (Å²) >= 11 is 3.11. The van der Waals surface area contributed by atoms with E-state index < -0.39 is 0 Å². The van der Waals surface area contributed by atoms with Gasteiger partial charge < -0.3 is 10.6 Å². The molecule has 2 aromatic heterocycles. The zero-order chi connectivity index (χ0) is 15.4. The van der Waals surface area contributed by atoms with Crippen molar-refractivity contribution in [2.24, 2.45) is 0 Å². The Morgan fingerprint density at radius 1 is 1.14 bits per heavy atom. The van der Waals surface area contributed by atoms with Gasteiger partial charge in [0.25, 0.3) is 0 Å². The minimum absolute atomic E-state index is 0.503. The van der Waals surface area contributed by atoms with Crippen molar-refractivity contribution in [2.75, 3.05) is 31.0 Å². The fourth-order valence-electron chi connectivity index (χ4n) is 1.75. The molecule has 5 nitrogen and oxygen atoms in total. The summed E-state index contributed by atoms with van der Waals surface area (Å²) in [6, 6.07) is 5.93. The molecule has 112 valence electrons. The van der Waals surface area contributed by atoms with Crippen LogP contribution in [-0.4, -0.2) is 35.3 Å². The normalized spacial score (nSPS) is 10.7. The van der Waals surface area contributed by atoms with Crippen LogP contribution >= 0.6 is 23.5 Å². The number of thioether (sulfide) groups is 2. The quantitative estimate of drug-likeness (QED) is 0.516. The average molecular weight is 321 g/mol. The molecule has 0 atom stereocenters. The molecule has 0 aromatic carbocycles. The zero-order valence-corrected chi connectivity index (χ0v) is 14.3. The van der Waals surface area contributed by atoms with Gasteiger partial charge in [-0.25, -0.2) is 15.0 Å². The molecule has 0 aliphatic carbocycles. The highest BCUT2D eigenvalue weighted by atomic mass is 32.2. The number of rotatable bonds is 5. The lowest BCUT2D eigenvalue weighted by atomic mass is 10.2. The fraction of sp³-hybridized carbons (Fsp3) is 0.357. The van der Waals surface area contributed by atoms with E-state index in [1.54, 1.807) is 29.6 Å². The largest absolute Gasteiger partial charge is 0.384 e. The van der Waals surface area contributed by atoms with Crippen LogP contribution in [-0.2, 0) is 5.75 Å². The number of hydrogen-bond donors (Lipinski definition) is 1. The molecule has 0 aliphatic rings. The summed E-state index contributed by atoms with van der Waals surface area (Å²) in [4.78, 5) is 15.3. The maximum Gasteiger partial charge on any atom is 0.190 e. The van der Waals surface area contributed by atoms with Gasteiger partial charge in [-0.2, -0.15) is 0 Å². The molecule has 0 aliphatic heterocycles. The maximum atomic E-state index is 5.79. The molecule has 0 unspecified atom stereocenters. The van der Waals surface area contributed by atoms with Crippen LogP contribution in [0.2, 0.25) is 0 Å². The Hall–Kier alpha value is -1.47. The SMILES string of the molecule is CSc1cc(N)nc(SCc2cc(C)cc(N(C)C)n2)n1. The fourth-order valence-corrected chi connectivity index (χ4v) is 2.98. The van der Waals surface area contributed by atoms with Crippen molar-refractivity contribution in [1.82, 2.24) is 15.0 Å². The summed E-state index contributed by atoms with van der Waals surface area (Å²) in [6.07, 6.45) is 1.97. The first kappa shape index (κ1) is 15.9. The van der Waals surface area contributed by atoms with E-state index in [4.69, 9.17) is 5.73 Å². The Kier molecular flexibility index (Phi) is 5.30. The zero-order valence-electron chi connectivity index (χ0n) is 12.6. The highest BCUT2D eigenvalue weighted by molar-refractivity contribution is 7.99. The number of anilines is 2. The first-order valence-electron chi connectivity index (χ1n) is 6.44. The van der Waals surface area contributed by atoms with E-state index in [1.807, 2.05) is 25.3 Å². The molecule has 2 N–H and O–H groups in total. The van der Waals surface area contributed by atoms with Gasteiger partial charge in [0, 0.05) is 25.9 Å². The van der Waals surface area contributed by atoms with Crippen LogP contribution in [0.15, 0.2) is 28.4 Å². The lowest BCUT2D eigenvalue weighted by molar-refractivity contribution is 0.899. The molecular weight excluding hydrogens is 302 g/mol. The van der Waals surface area contributed by atoms with Gasteiger partial charge in [-0.05, 0) is 30.9 Å². The van der Waals surface area contributed by atoms with E-state index in [1.165, 1.54) is 5.56 Å². The van der Waals surface area contributed by atoms with Crippen molar-refractivity contribution in [2.45, 2.75) is 22.9 Å². The number of nitrogens with zero attached hydrogens (tertiary/aromatic N) is 4. The van der Waals surface area contributed by atoms with Crippen molar-refractivity contribution in [3.8, 4) is 0 Å². The van der Waals surface area contributed by atoms with Gasteiger partial charge >= 0.3 is 0 Å². The molecule has 0 radical (unpaired) electrons. The van der Waals surface area contributed by atoms with Crippen LogP contribution < -0.4 is 10.6 Å². The third kappa shape index (κ3) is 4.50. The van der Waals surface area contributed by atoms with Crippen molar-refractivity contribution < 1.29 is 0 Å². The summed E-state index contributed by atoms with van der Waals surface area (Å²) in [6.45, 7) is 2.08. The van der Waals surface area contributed by atoms with Crippen molar-refractivity contribution in [3.05, 3.63) is 29.5 Å². The predicted molar refractivity (Wildman–Crippen MR) is 91.1 cm³/mol. The Bertz CT molecular complexity index is 631. The Labute approximate surface area is 133 Å². The van der Waals surface area contributed by atoms with Gasteiger partial charge in [0.2, 0.25) is 0 Å². The van der Waals surface area contributed by atoms with Crippen molar-refractivity contribution >= 4 is 35.2 Å². The molecule has 2 rings (SSSR count). The third-order valence-electron chi connectivity index (χ3n) is 2.73. The summed E-state index contributed by atoms with van der Waals surface area (Å²) in [5, 5.41) is 1.57. The average Bonchev–Trinajstić information content (AvgIpc) is 2.44.